The zero-order valence-corrected chi connectivity index (χ0v) is 14.1. The van der Waals surface area contributed by atoms with Crippen molar-refractivity contribution >= 4 is 22.5 Å². The highest BCUT2D eigenvalue weighted by Gasteiger charge is 2.29. The number of aromatic nitrogens is 2. The van der Waals surface area contributed by atoms with E-state index in [9.17, 15) is 4.79 Å². The van der Waals surface area contributed by atoms with Gasteiger partial charge in [-0.1, -0.05) is 12.5 Å². The minimum Gasteiger partial charge on any atom is -0.361 e. The fourth-order valence-electron chi connectivity index (χ4n) is 3.61. The number of pyridine rings is 1. The Morgan fingerprint density at radius 1 is 1.20 bits per heavy atom. The van der Waals surface area contributed by atoms with Gasteiger partial charge >= 0.3 is 0 Å². The highest BCUT2D eigenvalue weighted by molar-refractivity contribution is 6.03. The topological polar surface area (TPSA) is 61.0 Å². The van der Waals surface area contributed by atoms with Crippen molar-refractivity contribution < 1.29 is 4.79 Å². The molecule has 1 saturated heterocycles. The minimum absolute atomic E-state index is 0.0856. The lowest BCUT2D eigenvalue weighted by atomic mass is 10.00. The van der Waals surface area contributed by atoms with Gasteiger partial charge in [0.1, 0.15) is 0 Å². The lowest BCUT2D eigenvalue weighted by Crippen LogP contribution is -2.46. The number of hydrogen-bond donors (Lipinski definition) is 2. The lowest BCUT2D eigenvalue weighted by molar-refractivity contribution is -0.122. The second kappa shape index (κ2) is 7.07. The van der Waals surface area contributed by atoms with Crippen molar-refractivity contribution in [3.8, 4) is 0 Å². The van der Waals surface area contributed by atoms with Crippen LogP contribution in [0, 0.1) is 0 Å². The molecule has 1 unspecified atom stereocenters. The molecule has 1 atom stereocenters. The predicted molar refractivity (Wildman–Crippen MR) is 99.2 cm³/mol. The number of fused-ring (bicyclic) bond motifs is 1. The van der Waals surface area contributed by atoms with Gasteiger partial charge in [0.25, 0.3) is 0 Å². The summed E-state index contributed by atoms with van der Waals surface area (Å²) < 4.78 is 0. The number of carbonyl (C=O) groups is 1. The van der Waals surface area contributed by atoms with Crippen LogP contribution in [-0.4, -0.2) is 33.4 Å². The van der Waals surface area contributed by atoms with E-state index in [2.05, 4.69) is 20.2 Å². The first-order valence-electron chi connectivity index (χ1n) is 8.81. The van der Waals surface area contributed by atoms with Crippen molar-refractivity contribution in [2.24, 2.45) is 0 Å². The molecule has 1 aliphatic rings. The molecule has 0 spiro atoms. The van der Waals surface area contributed by atoms with Crippen LogP contribution in [-0.2, 0) is 11.3 Å². The maximum absolute atomic E-state index is 13.0. The molecule has 1 amide bonds. The number of piperidine rings is 1. The third-order valence-corrected chi connectivity index (χ3v) is 4.90. The van der Waals surface area contributed by atoms with Gasteiger partial charge < -0.3 is 10.3 Å². The van der Waals surface area contributed by atoms with E-state index in [-0.39, 0.29) is 11.9 Å². The molecule has 1 fully saturated rings. The maximum atomic E-state index is 13.0. The number of nitrogens with zero attached hydrogens (tertiary/aromatic N) is 2. The SMILES string of the molecule is O=C(Nc1cccc2[nH]ccc12)C1CCCCN1Cc1ccncc1. The number of amides is 1. The number of anilines is 1. The van der Waals surface area contributed by atoms with E-state index in [1.165, 1.54) is 5.56 Å². The van der Waals surface area contributed by atoms with E-state index in [1.54, 1.807) is 12.4 Å². The molecule has 2 aromatic heterocycles. The van der Waals surface area contributed by atoms with Gasteiger partial charge in [-0.3, -0.25) is 14.7 Å². The Morgan fingerprint density at radius 3 is 2.96 bits per heavy atom. The van der Waals surface area contributed by atoms with Crippen LogP contribution >= 0.6 is 0 Å². The predicted octanol–water partition coefficient (Wildman–Crippen LogP) is 3.56. The fraction of sp³-hybridized carbons (Fsp3) is 0.300. The van der Waals surface area contributed by atoms with Crippen molar-refractivity contribution in [3.05, 3.63) is 60.6 Å². The molecule has 5 nitrogen and oxygen atoms in total. The Labute approximate surface area is 147 Å². The van der Waals surface area contributed by atoms with Crippen molar-refractivity contribution in [3.63, 3.8) is 0 Å². The monoisotopic (exact) mass is 334 g/mol. The van der Waals surface area contributed by atoms with Crippen LogP contribution in [0.4, 0.5) is 5.69 Å². The summed E-state index contributed by atoms with van der Waals surface area (Å²) in [5.74, 6) is 0.0856. The van der Waals surface area contributed by atoms with Crippen LogP contribution in [0.2, 0.25) is 0 Å². The van der Waals surface area contributed by atoms with Crippen LogP contribution in [0.5, 0.6) is 0 Å². The standard InChI is InChI=1S/C20H22N4O/c25-20(23-18-5-3-4-17-16(18)9-12-22-17)19-6-1-2-13-24(19)14-15-7-10-21-11-8-15/h3-5,7-12,19,22H,1-2,6,13-14H2,(H,23,25). The molecule has 2 N–H and O–H groups in total. The van der Waals surface area contributed by atoms with Gasteiger partial charge in [0, 0.05) is 36.0 Å². The average molecular weight is 334 g/mol. The van der Waals surface area contributed by atoms with Gasteiger partial charge in [-0.15, -0.1) is 0 Å². The van der Waals surface area contributed by atoms with E-state index < -0.39 is 0 Å². The molecular formula is C20H22N4O. The highest BCUT2D eigenvalue weighted by atomic mass is 16.2. The third kappa shape index (κ3) is 3.42. The third-order valence-electron chi connectivity index (χ3n) is 4.90. The second-order valence-corrected chi connectivity index (χ2v) is 6.57. The van der Waals surface area contributed by atoms with E-state index in [1.807, 2.05) is 42.6 Å². The number of H-pyrrole nitrogens is 1. The van der Waals surface area contributed by atoms with E-state index in [0.29, 0.717) is 0 Å². The first kappa shape index (κ1) is 15.8. The Bertz CT molecular complexity index is 858. The summed E-state index contributed by atoms with van der Waals surface area (Å²) in [7, 11) is 0. The molecule has 3 aromatic rings. The van der Waals surface area contributed by atoms with E-state index in [0.717, 1.165) is 48.9 Å². The molecule has 25 heavy (non-hydrogen) atoms. The van der Waals surface area contributed by atoms with Gasteiger partial charge in [0.2, 0.25) is 5.91 Å². The summed E-state index contributed by atoms with van der Waals surface area (Å²) in [6.07, 6.45) is 8.65. The molecule has 3 heterocycles. The van der Waals surface area contributed by atoms with Gasteiger partial charge in [-0.2, -0.15) is 0 Å². The van der Waals surface area contributed by atoms with E-state index in [4.69, 9.17) is 0 Å². The summed E-state index contributed by atoms with van der Waals surface area (Å²) in [6.45, 7) is 1.74. The van der Waals surface area contributed by atoms with Gasteiger partial charge in [-0.25, -0.2) is 0 Å². The normalized spacial score (nSPS) is 18.3. The number of carbonyl (C=O) groups excluding carboxylic acids is 1. The van der Waals surface area contributed by atoms with Crippen molar-refractivity contribution in [2.75, 3.05) is 11.9 Å². The molecule has 0 aliphatic carbocycles. The molecule has 0 saturated carbocycles. The summed E-state index contributed by atoms with van der Waals surface area (Å²) in [5.41, 5.74) is 3.11. The van der Waals surface area contributed by atoms with Crippen molar-refractivity contribution in [2.45, 2.75) is 31.8 Å². The van der Waals surface area contributed by atoms with Crippen LogP contribution in [0.1, 0.15) is 24.8 Å². The number of likely N-dealkylation sites (tertiary alicyclic amines) is 1. The number of benzene rings is 1. The molecule has 1 aromatic carbocycles. The molecule has 1 aliphatic heterocycles. The summed E-state index contributed by atoms with van der Waals surface area (Å²) in [5, 5.41) is 4.19. The number of aromatic amines is 1. The molecule has 0 radical (unpaired) electrons. The lowest BCUT2D eigenvalue weighted by Gasteiger charge is -2.34. The van der Waals surface area contributed by atoms with E-state index >= 15 is 0 Å². The number of hydrogen-bond acceptors (Lipinski definition) is 3. The van der Waals surface area contributed by atoms with Gasteiger partial charge in [0.05, 0.1) is 11.7 Å². The Balaban J connectivity index is 1.52. The first-order valence-corrected chi connectivity index (χ1v) is 8.81. The quantitative estimate of drug-likeness (QED) is 0.767. The van der Waals surface area contributed by atoms with Gasteiger partial charge in [-0.05, 0) is 55.3 Å². The molecule has 4 rings (SSSR count). The summed E-state index contributed by atoms with van der Waals surface area (Å²) in [4.78, 5) is 22.5. The minimum atomic E-state index is -0.0869. The summed E-state index contributed by atoms with van der Waals surface area (Å²) >= 11 is 0. The van der Waals surface area contributed by atoms with Crippen molar-refractivity contribution in [1.29, 1.82) is 0 Å². The van der Waals surface area contributed by atoms with Crippen LogP contribution < -0.4 is 5.32 Å². The average Bonchev–Trinajstić information content (AvgIpc) is 3.13. The smallest absolute Gasteiger partial charge is 0.241 e. The Kier molecular flexibility index (Phi) is 4.48. The fourth-order valence-corrected chi connectivity index (χ4v) is 3.61. The molecule has 128 valence electrons. The molecular weight excluding hydrogens is 312 g/mol. The van der Waals surface area contributed by atoms with Crippen LogP contribution in [0.15, 0.2) is 55.0 Å². The second-order valence-electron chi connectivity index (χ2n) is 6.57. The number of rotatable bonds is 4. The van der Waals surface area contributed by atoms with Gasteiger partial charge in [0.15, 0.2) is 0 Å². The summed E-state index contributed by atoms with van der Waals surface area (Å²) in [6, 6.07) is 11.9. The zero-order chi connectivity index (χ0) is 17.1. The Hall–Kier alpha value is -2.66. The maximum Gasteiger partial charge on any atom is 0.241 e. The molecule has 0 bridgehead atoms. The largest absolute Gasteiger partial charge is 0.361 e. The van der Waals surface area contributed by atoms with Crippen LogP contribution in [0.25, 0.3) is 10.9 Å². The van der Waals surface area contributed by atoms with Crippen LogP contribution in [0.3, 0.4) is 0 Å². The zero-order valence-electron chi connectivity index (χ0n) is 14.1. The molecule has 5 heteroatoms. The number of nitrogens with one attached hydrogen (secondary N) is 2. The first-order chi connectivity index (χ1) is 12.3. The Morgan fingerprint density at radius 2 is 2.08 bits per heavy atom. The highest BCUT2D eigenvalue weighted by Crippen LogP contribution is 2.25. The van der Waals surface area contributed by atoms with Crippen molar-refractivity contribution in [1.82, 2.24) is 14.9 Å².